The van der Waals surface area contributed by atoms with Crippen molar-refractivity contribution < 1.29 is 13.2 Å². The van der Waals surface area contributed by atoms with Crippen LogP contribution in [0.25, 0.3) is 0 Å². The van der Waals surface area contributed by atoms with Gasteiger partial charge >= 0.3 is 0 Å². The first-order valence-corrected chi connectivity index (χ1v) is 12.8. The molecule has 1 atom stereocenters. The predicted octanol–water partition coefficient (Wildman–Crippen LogP) is 2.43. The smallest absolute Gasteiger partial charge is 0.252 e. The van der Waals surface area contributed by atoms with Crippen LogP contribution in [0.2, 0.25) is 0 Å². The van der Waals surface area contributed by atoms with Crippen molar-refractivity contribution in [2.24, 2.45) is 5.73 Å². The number of nitrogens with zero attached hydrogens (tertiary/aromatic N) is 2. The molecule has 0 aliphatic carbocycles. The molecule has 2 aromatic heterocycles. The molecule has 1 aliphatic heterocycles. The van der Waals surface area contributed by atoms with Gasteiger partial charge in [-0.2, -0.15) is 4.31 Å². The standard InChI is InChI=1S/C23H26N4O3S2/c24-23(28)21-7-2-1-5-17(21)15-20-8-9-22(31-20)32(29,30)27-14-11-19(16-27)26-13-10-18-6-3-4-12-25-18/h1-9,12,19,26H,10-11,13-16H2,(H2,24,28). The molecule has 1 aliphatic rings. The predicted molar refractivity (Wildman–Crippen MR) is 125 cm³/mol. The Labute approximate surface area is 192 Å². The molecule has 9 heteroatoms. The molecular weight excluding hydrogens is 444 g/mol. The van der Waals surface area contributed by atoms with Gasteiger partial charge in [0.05, 0.1) is 0 Å². The van der Waals surface area contributed by atoms with Gasteiger partial charge in [-0.05, 0) is 42.3 Å². The number of sulfonamides is 1. The summed E-state index contributed by atoms with van der Waals surface area (Å²) >= 11 is 1.25. The molecule has 3 aromatic rings. The number of hydrogen-bond donors (Lipinski definition) is 2. The average molecular weight is 471 g/mol. The Morgan fingerprint density at radius 2 is 1.97 bits per heavy atom. The normalized spacial score (nSPS) is 16.9. The third-order valence-corrected chi connectivity index (χ3v) is 8.99. The summed E-state index contributed by atoms with van der Waals surface area (Å²) in [7, 11) is -3.54. The molecular formula is C23H26N4O3S2. The van der Waals surface area contributed by atoms with Crippen LogP contribution in [0.5, 0.6) is 0 Å². The van der Waals surface area contributed by atoms with Crippen molar-refractivity contribution in [1.82, 2.24) is 14.6 Å². The van der Waals surface area contributed by atoms with Crippen LogP contribution in [0, 0.1) is 0 Å². The molecule has 7 nitrogen and oxygen atoms in total. The fourth-order valence-electron chi connectivity index (χ4n) is 3.89. The van der Waals surface area contributed by atoms with Gasteiger partial charge in [-0.3, -0.25) is 9.78 Å². The number of carbonyl (C=O) groups is 1. The molecule has 4 rings (SSSR count). The molecule has 0 bridgehead atoms. The van der Waals surface area contributed by atoms with Crippen molar-refractivity contribution in [3.63, 3.8) is 0 Å². The van der Waals surface area contributed by atoms with Crippen molar-refractivity contribution in [1.29, 1.82) is 0 Å². The van der Waals surface area contributed by atoms with E-state index in [2.05, 4.69) is 10.3 Å². The largest absolute Gasteiger partial charge is 0.366 e. The van der Waals surface area contributed by atoms with Crippen molar-refractivity contribution >= 4 is 27.3 Å². The van der Waals surface area contributed by atoms with E-state index in [-0.39, 0.29) is 6.04 Å². The average Bonchev–Trinajstić information content (AvgIpc) is 3.45. The number of hydrogen-bond acceptors (Lipinski definition) is 6. The number of nitrogens with one attached hydrogen (secondary N) is 1. The van der Waals surface area contributed by atoms with Crippen LogP contribution in [0.1, 0.15) is 32.9 Å². The highest BCUT2D eigenvalue weighted by molar-refractivity contribution is 7.91. The Kier molecular flexibility index (Phi) is 7.00. The van der Waals surface area contributed by atoms with Crippen molar-refractivity contribution in [3.05, 3.63) is 82.5 Å². The van der Waals surface area contributed by atoms with Crippen molar-refractivity contribution in [2.45, 2.75) is 29.5 Å². The Balaban J connectivity index is 1.36. The van der Waals surface area contributed by atoms with E-state index in [9.17, 15) is 13.2 Å². The van der Waals surface area contributed by atoms with Crippen LogP contribution < -0.4 is 11.1 Å². The molecule has 0 spiro atoms. The number of aromatic nitrogens is 1. The van der Waals surface area contributed by atoms with E-state index in [1.54, 1.807) is 28.7 Å². The highest BCUT2D eigenvalue weighted by Gasteiger charge is 2.33. The molecule has 32 heavy (non-hydrogen) atoms. The van der Waals surface area contributed by atoms with Gasteiger partial charge in [-0.1, -0.05) is 24.3 Å². The van der Waals surface area contributed by atoms with Gasteiger partial charge in [0.2, 0.25) is 5.91 Å². The summed E-state index contributed by atoms with van der Waals surface area (Å²) in [5.41, 5.74) is 7.74. The molecule has 168 valence electrons. The molecule has 3 heterocycles. The van der Waals surface area contributed by atoms with E-state index >= 15 is 0 Å². The van der Waals surface area contributed by atoms with Gasteiger partial charge in [0.15, 0.2) is 0 Å². The minimum absolute atomic E-state index is 0.135. The fourth-order valence-corrected chi connectivity index (χ4v) is 6.92. The SMILES string of the molecule is NC(=O)c1ccccc1Cc1ccc(S(=O)(=O)N2CCC(NCCc3ccccn3)C2)s1. The summed E-state index contributed by atoms with van der Waals surface area (Å²) in [5.74, 6) is -0.483. The maximum absolute atomic E-state index is 13.1. The maximum Gasteiger partial charge on any atom is 0.252 e. The number of amides is 1. The highest BCUT2D eigenvalue weighted by atomic mass is 32.2. The quantitative estimate of drug-likeness (QED) is 0.500. The Hall–Kier alpha value is -2.59. The summed E-state index contributed by atoms with van der Waals surface area (Å²) in [6.07, 6.45) is 3.84. The molecule has 1 saturated heterocycles. The van der Waals surface area contributed by atoms with Crippen LogP contribution in [0.15, 0.2) is 65.0 Å². The summed E-state index contributed by atoms with van der Waals surface area (Å²) < 4.78 is 28.2. The lowest BCUT2D eigenvalue weighted by molar-refractivity contribution is 0.0999. The van der Waals surface area contributed by atoms with E-state index in [1.807, 2.05) is 36.4 Å². The van der Waals surface area contributed by atoms with E-state index in [1.165, 1.54) is 11.3 Å². The summed E-state index contributed by atoms with van der Waals surface area (Å²) in [5, 5.41) is 3.45. The zero-order valence-corrected chi connectivity index (χ0v) is 19.2. The Bertz CT molecular complexity index is 1180. The molecule has 1 aromatic carbocycles. The van der Waals surface area contributed by atoms with Gasteiger partial charge in [0.1, 0.15) is 4.21 Å². The monoisotopic (exact) mass is 470 g/mol. The number of thiophene rings is 1. The van der Waals surface area contributed by atoms with Gasteiger partial charge in [0.25, 0.3) is 10.0 Å². The van der Waals surface area contributed by atoms with Gasteiger partial charge in [-0.15, -0.1) is 11.3 Å². The second-order valence-electron chi connectivity index (χ2n) is 7.79. The first kappa shape index (κ1) is 22.6. The Morgan fingerprint density at radius 1 is 1.16 bits per heavy atom. The zero-order valence-electron chi connectivity index (χ0n) is 17.6. The summed E-state index contributed by atoms with van der Waals surface area (Å²) in [4.78, 5) is 16.8. The van der Waals surface area contributed by atoms with Gasteiger partial charge in [0, 0.05) is 60.8 Å². The van der Waals surface area contributed by atoms with Crippen molar-refractivity contribution in [3.8, 4) is 0 Å². The van der Waals surface area contributed by atoms with Crippen LogP contribution in [0.4, 0.5) is 0 Å². The number of pyridine rings is 1. The first-order chi connectivity index (χ1) is 15.4. The van der Waals surface area contributed by atoms with Crippen molar-refractivity contribution in [2.75, 3.05) is 19.6 Å². The van der Waals surface area contributed by atoms with Crippen LogP contribution in [0.3, 0.4) is 0 Å². The lowest BCUT2D eigenvalue weighted by Gasteiger charge is -2.16. The number of carbonyl (C=O) groups excluding carboxylic acids is 1. The summed E-state index contributed by atoms with van der Waals surface area (Å²) in [6, 6.07) is 16.6. The molecule has 0 saturated carbocycles. The first-order valence-electron chi connectivity index (χ1n) is 10.5. The van der Waals surface area contributed by atoms with Crippen LogP contribution in [-0.2, 0) is 22.9 Å². The number of benzene rings is 1. The van der Waals surface area contributed by atoms with E-state index < -0.39 is 15.9 Å². The molecule has 1 amide bonds. The van der Waals surface area contributed by atoms with Gasteiger partial charge < -0.3 is 11.1 Å². The van der Waals surface area contributed by atoms with Crippen LogP contribution in [-0.4, -0.2) is 49.3 Å². The fraction of sp³-hybridized carbons (Fsp3) is 0.304. The molecule has 3 N–H and O–H groups in total. The summed E-state index contributed by atoms with van der Waals surface area (Å²) in [6.45, 7) is 1.72. The number of primary amides is 1. The Morgan fingerprint density at radius 3 is 2.75 bits per heavy atom. The zero-order chi connectivity index (χ0) is 22.6. The molecule has 1 fully saturated rings. The minimum Gasteiger partial charge on any atom is -0.366 e. The van der Waals surface area contributed by atoms with E-state index in [0.29, 0.717) is 29.3 Å². The molecule has 1 unspecified atom stereocenters. The third kappa shape index (κ3) is 5.24. The highest BCUT2D eigenvalue weighted by Crippen LogP contribution is 2.29. The third-order valence-electron chi connectivity index (χ3n) is 5.57. The van der Waals surface area contributed by atoms with E-state index in [4.69, 9.17) is 5.73 Å². The van der Waals surface area contributed by atoms with E-state index in [0.717, 1.165) is 35.5 Å². The maximum atomic E-state index is 13.1. The second kappa shape index (κ2) is 9.91. The topological polar surface area (TPSA) is 105 Å². The molecule has 0 radical (unpaired) electrons. The van der Waals surface area contributed by atoms with Crippen LogP contribution >= 0.6 is 11.3 Å². The van der Waals surface area contributed by atoms with Gasteiger partial charge in [-0.25, -0.2) is 8.42 Å². The minimum atomic E-state index is -3.54. The lowest BCUT2D eigenvalue weighted by atomic mass is 10.0. The number of nitrogens with two attached hydrogens (primary N) is 1. The second-order valence-corrected chi connectivity index (χ2v) is 11.1. The lowest BCUT2D eigenvalue weighted by Crippen LogP contribution is -2.35. The number of rotatable bonds is 9.